The van der Waals surface area contributed by atoms with E-state index in [4.69, 9.17) is 4.74 Å². The van der Waals surface area contributed by atoms with E-state index in [0.29, 0.717) is 0 Å². The lowest BCUT2D eigenvalue weighted by molar-refractivity contribution is 0.0750. The van der Waals surface area contributed by atoms with E-state index < -0.39 is 0 Å². The average Bonchev–Trinajstić information content (AvgIpc) is 2.81. The summed E-state index contributed by atoms with van der Waals surface area (Å²) in [5.74, 6) is 0.965. The van der Waals surface area contributed by atoms with Crippen LogP contribution in [-0.4, -0.2) is 24.5 Å². The minimum absolute atomic E-state index is 0.0135. The topological polar surface area (TPSA) is 29.5 Å². The van der Waals surface area contributed by atoms with Crippen LogP contribution in [0.2, 0.25) is 0 Å². The van der Waals surface area contributed by atoms with Crippen molar-refractivity contribution in [2.45, 2.75) is 19.4 Å². The van der Waals surface area contributed by atoms with Gasteiger partial charge in [0.25, 0.3) is 5.91 Å². The van der Waals surface area contributed by atoms with Crippen molar-refractivity contribution < 1.29 is 9.53 Å². The maximum Gasteiger partial charge on any atom is 0.255 e. The van der Waals surface area contributed by atoms with Gasteiger partial charge in [-0.05, 0) is 35.7 Å². The van der Waals surface area contributed by atoms with Crippen molar-refractivity contribution in [1.82, 2.24) is 4.90 Å². The lowest BCUT2D eigenvalue weighted by Gasteiger charge is -2.25. The summed E-state index contributed by atoms with van der Waals surface area (Å²) in [6.07, 6.45) is 0.951. The van der Waals surface area contributed by atoms with Gasteiger partial charge >= 0.3 is 0 Å². The number of hydrogen-bond donors (Lipinski definition) is 0. The van der Waals surface area contributed by atoms with Crippen molar-refractivity contribution in [2.24, 2.45) is 0 Å². The number of carbonyl (C=O) groups excluding carboxylic acids is 1. The molecular formula is C18H19NO2. The molecule has 3 nitrogen and oxygen atoms in total. The van der Waals surface area contributed by atoms with Crippen LogP contribution < -0.4 is 4.74 Å². The molecule has 0 fully saturated rings. The quantitative estimate of drug-likeness (QED) is 0.856. The molecular weight excluding hydrogens is 262 g/mol. The number of fused-ring (bicyclic) bond motifs is 1. The fourth-order valence-electron chi connectivity index (χ4n) is 2.99. The number of ether oxygens (including phenoxy) is 1. The van der Waals surface area contributed by atoms with Gasteiger partial charge in [0.05, 0.1) is 13.2 Å². The Labute approximate surface area is 125 Å². The second-order valence-corrected chi connectivity index (χ2v) is 5.26. The molecule has 3 rings (SSSR count). The Bertz CT molecular complexity index is 649. The standard InChI is InChI=1S/C18H19NO2/c1-3-12-19-17(13-8-10-14(21-2)11-9-13)15-6-4-5-7-16(15)18(19)20/h4-11,17H,3,12H2,1-2H3. The summed E-state index contributed by atoms with van der Waals surface area (Å²) >= 11 is 0. The van der Waals surface area contributed by atoms with Gasteiger partial charge in [-0.3, -0.25) is 4.79 Å². The van der Waals surface area contributed by atoms with Crippen LogP contribution >= 0.6 is 0 Å². The van der Waals surface area contributed by atoms with Crippen molar-refractivity contribution in [2.75, 3.05) is 13.7 Å². The lowest BCUT2D eigenvalue weighted by Crippen LogP contribution is -2.29. The number of hydrogen-bond acceptors (Lipinski definition) is 2. The van der Waals surface area contributed by atoms with Crippen molar-refractivity contribution in [1.29, 1.82) is 0 Å². The molecule has 0 aromatic heterocycles. The van der Waals surface area contributed by atoms with Gasteiger partial charge in [0.1, 0.15) is 5.75 Å². The molecule has 2 aromatic carbocycles. The Kier molecular flexibility index (Phi) is 3.65. The zero-order valence-corrected chi connectivity index (χ0v) is 12.4. The van der Waals surface area contributed by atoms with E-state index in [0.717, 1.165) is 35.4 Å². The summed E-state index contributed by atoms with van der Waals surface area (Å²) in [6.45, 7) is 2.87. The first-order chi connectivity index (χ1) is 10.3. The maximum absolute atomic E-state index is 12.6. The zero-order chi connectivity index (χ0) is 14.8. The van der Waals surface area contributed by atoms with Crippen LogP contribution in [0, 0.1) is 0 Å². The second kappa shape index (κ2) is 5.60. The highest BCUT2D eigenvalue weighted by Crippen LogP contribution is 2.38. The van der Waals surface area contributed by atoms with Crippen LogP contribution in [0.3, 0.4) is 0 Å². The Morgan fingerprint density at radius 2 is 1.81 bits per heavy atom. The third kappa shape index (κ3) is 2.29. The number of rotatable bonds is 4. The molecule has 0 N–H and O–H groups in total. The normalized spacial score (nSPS) is 17.0. The van der Waals surface area contributed by atoms with E-state index in [2.05, 4.69) is 13.0 Å². The highest BCUT2D eigenvalue weighted by Gasteiger charge is 2.36. The maximum atomic E-state index is 12.6. The molecule has 1 aliphatic heterocycles. The molecule has 0 aliphatic carbocycles. The second-order valence-electron chi connectivity index (χ2n) is 5.26. The first-order valence-electron chi connectivity index (χ1n) is 7.30. The molecule has 21 heavy (non-hydrogen) atoms. The Hall–Kier alpha value is -2.29. The van der Waals surface area contributed by atoms with Crippen LogP contribution in [-0.2, 0) is 0 Å². The third-order valence-corrected chi connectivity index (χ3v) is 3.95. The largest absolute Gasteiger partial charge is 0.497 e. The van der Waals surface area contributed by atoms with Crippen molar-refractivity contribution in [3.8, 4) is 5.75 Å². The average molecular weight is 281 g/mol. The van der Waals surface area contributed by atoms with Gasteiger partial charge < -0.3 is 9.64 Å². The molecule has 1 unspecified atom stereocenters. The number of amides is 1. The Morgan fingerprint density at radius 1 is 1.10 bits per heavy atom. The molecule has 0 saturated carbocycles. The van der Waals surface area contributed by atoms with Gasteiger partial charge in [-0.2, -0.15) is 0 Å². The van der Waals surface area contributed by atoms with Crippen LogP contribution in [0.1, 0.15) is 40.9 Å². The lowest BCUT2D eigenvalue weighted by atomic mass is 9.98. The molecule has 108 valence electrons. The highest BCUT2D eigenvalue weighted by atomic mass is 16.5. The summed E-state index contributed by atoms with van der Waals surface area (Å²) in [5, 5.41) is 0. The molecule has 1 atom stereocenters. The highest BCUT2D eigenvalue weighted by molar-refractivity contribution is 5.99. The van der Waals surface area contributed by atoms with E-state index >= 15 is 0 Å². The number of carbonyl (C=O) groups is 1. The summed E-state index contributed by atoms with van der Waals surface area (Å²) in [4.78, 5) is 14.6. The molecule has 3 heteroatoms. The van der Waals surface area contributed by atoms with Crippen LogP contribution in [0.25, 0.3) is 0 Å². The molecule has 2 aromatic rings. The Morgan fingerprint density at radius 3 is 2.48 bits per heavy atom. The number of methoxy groups -OCH3 is 1. The van der Waals surface area contributed by atoms with Gasteiger partial charge in [0.2, 0.25) is 0 Å². The van der Waals surface area contributed by atoms with Crippen molar-refractivity contribution >= 4 is 5.91 Å². The number of nitrogens with zero attached hydrogens (tertiary/aromatic N) is 1. The van der Waals surface area contributed by atoms with E-state index in [1.165, 1.54) is 0 Å². The third-order valence-electron chi connectivity index (χ3n) is 3.95. The monoisotopic (exact) mass is 281 g/mol. The van der Waals surface area contributed by atoms with Crippen LogP contribution in [0.15, 0.2) is 48.5 Å². The van der Waals surface area contributed by atoms with Gasteiger partial charge in [-0.1, -0.05) is 37.3 Å². The van der Waals surface area contributed by atoms with E-state index in [9.17, 15) is 4.79 Å². The van der Waals surface area contributed by atoms with E-state index in [1.54, 1.807) is 7.11 Å². The smallest absolute Gasteiger partial charge is 0.255 e. The molecule has 0 radical (unpaired) electrons. The molecule has 1 heterocycles. The van der Waals surface area contributed by atoms with Crippen molar-refractivity contribution in [3.63, 3.8) is 0 Å². The summed E-state index contributed by atoms with van der Waals surface area (Å²) in [7, 11) is 1.66. The van der Waals surface area contributed by atoms with Crippen LogP contribution in [0.4, 0.5) is 0 Å². The van der Waals surface area contributed by atoms with Gasteiger partial charge in [0.15, 0.2) is 0 Å². The Balaban J connectivity index is 2.06. The summed E-state index contributed by atoms with van der Waals surface area (Å²) in [5.41, 5.74) is 3.05. The van der Waals surface area contributed by atoms with Gasteiger partial charge in [0, 0.05) is 12.1 Å². The van der Waals surface area contributed by atoms with Gasteiger partial charge in [-0.15, -0.1) is 0 Å². The van der Waals surface area contributed by atoms with Gasteiger partial charge in [-0.25, -0.2) is 0 Å². The molecule has 0 spiro atoms. The van der Waals surface area contributed by atoms with E-state index in [-0.39, 0.29) is 11.9 Å². The zero-order valence-electron chi connectivity index (χ0n) is 12.4. The molecule has 0 saturated heterocycles. The fraction of sp³-hybridized carbons (Fsp3) is 0.278. The minimum Gasteiger partial charge on any atom is -0.497 e. The molecule has 0 bridgehead atoms. The molecule has 1 amide bonds. The molecule has 1 aliphatic rings. The summed E-state index contributed by atoms with van der Waals surface area (Å²) in [6, 6.07) is 15.9. The first-order valence-corrected chi connectivity index (χ1v) is 7.30. The first kappa shape index (κ1) is 13.7. The van der Waals surface area contributed by atoms with Crippen LogP contribution in [0.5, 0.6) is 5.75 Å². The number of benzene rings is 2. The minimum atomic E-state index is 0.0135. The van der Waals surface area contributed by atoms with Crippen molar-refractivity contribution in [3.05, 3.63) is 65.2 Å². The predicted molar refractivity (Wildman–Crippen MR) is 82.6 cm³/mol. The predicted octanol–water partition coefficient (Wildman–Crippen LogP) is 3.65. The fourth-order valence-corrected chi connectivity index (χ4v) is 2.99. The summed E-state index contributed by atoms with van der Waals surface area (Å²) < 4.78 is 5.22. The van der Waals surface area contributed by atoms with E-state index in [1.807, 2.05) is 47.4 Å². The SMILES string of the molecule is CCCN1C(=O)c2ccccc2C1c1ccc(OC)cc1.